The van der Waals surface area contributed by atoms with Gasteiger partial charge in [0.05, 0.1) is 0 Å². The van der Waals surface area contributed by atoms with Crippen molar-refractivity contribution in [3.05, 3.63) is 35.4 Å². The van der Waals surface area contributed by atoms with Crippen molar-refractivity contribution in [1.82, 2.24) is 0 Å². The van der Waals surface area contributed by atoms with Crippen LogP contribution in [0.25, 0.3) is 0 Å². The first-order chi connectivity index (χ1) is 5.87. The Hall–Kier alpha value is 0.571. The van der Waals surface area contributed by atoms with E-state index < -0.39 is 24.9 Å². The molecule has 1 rings (SSSR count). The molecular formula is C7H5BF5K. The number of rotatable bonds is 2. The Morgan fingerprint density at radius 3 is 1.71 bits per heavy atom. The topological polar surface area (TPSA) is 0 Å². The molecule has 0 unspecified atom stereocenters. The molecule has 0 radical (unpaired) electrons. The van der Waals surface area contributed by atoms with Gasteiger partial charge in [0, 0.05) is 6.07 Å². The minimum atomic E-state index is -5.04. The summed E-state index contributed by atoms with van der Waals surface area (Å²) in [5, 5.41) is 0. The van der Waals surface area contributed by atoms with Crippen molar-refractivity contribution < 1.29 is 73.1 Å². The van der Waals surface area contributed by atoms with Gasteiger partial charge in [-0.1, -0.05) is 11.9 Å². The van der Waals surface area contributed by atoms with Gasteiger partial charge in [0.15, 0.2) is 0 Å². The minimum Gasteiger partial charge on any atom is -0.449 e. The number of halogens is 5. The Bertz CT molecular complexity index is 291. The van der Waals surface area contributed by atoms with E-state index in [0.29, 0.717) is 18.2 Å². The Morgan fingerprint density at radius 1 is 0.929 bits per heavy atom. The fourth-order valence-electron chi connectivity index (χ4n) is 0.996. The van der Waals surface area contributed by atoms with Crippen LogP contribution in [-0.2, 0) is 6.32 Å². The molecule has 0 N–H and O–H groups in total. The third-order valence-electron chi connectivity index (χ3n) is 1.39. The van der Waals surface area contributed by atoms with Crippen molar-refractivity contribution in [3.63, 3.8) is 0 Å². The summed E-state index contributed by atoms with van der Waals surface area (Å²) in [5.41, 5.74) is -0.384. The Balaban J connectivity index is 0.00000169. The Morgan fingerprint density at radius 2 is 1.36 bits per heavy atom. The molecule has 7 heteroatoms. The van der Waals surface area contributed by atoms with Crippen LogP contribution in [0.15, 0.2) is 18.2 Å². The average molecular weight is 234 g/mol. The van der Waals surface area contributed by atoms with E-state index >= 15 is 0 Å². The van der Waals surface area contributed by atoms with Gasteiger partial charge in [-0.2, -0.15) is 0 Å². The molecule has 0 atom stereocenters. The van der Waals surface area contributed by atoms with E-state index in [9.17, 15) is 21.7 Å². The molecule has 0 bridgehead atoms. The van der Waals surface area contributed by atoms with Gasteiger partial charge in [0.25, 0.3) is 0 Å². The molecule has 0 spiro atoms. The van der Waals surface area contributed by atoms with Crippen LogP contribution in [0.1, 0.15) is 5.56 Å². The van der Waals surface area contributed by atoms with Gasteiger partial charge in [-0.3, -0.25) is 0 Å². The van der Waals surface area contributed by atoms with Gasteiger partial charge >= 0.3 is 58.4 Å². The molecule has 14 heavy (non-hydrogen) atoms. The zero-order valence-electron chi connectivity index (χ0n) is 7.41. The monoisotopic (exact) mass is 234 g/mol. The maximum atomic E-state index is 12.4. The van der Waals surface area contributed by atoms with Crippen molar-refractivity contribution in [3.8, 4) is 0 Å². The molecule has 0 aromatic heterocycles. The molecule has 1 aromatic carbocycles. The summed E-state index contributed by atoms with van der Waals surface area (Å²) in [7, 11) is 0. The van der Waals surface area contributed by atoms with Gasteiger partial charge in [0.1, 0.15) is 11.6 Å². The van der Waals surface area contributed by atoms with E-state index in [0.717, 1.165) is 0 Å². The van der Waals surface area contributed by atoms with Crippen molar-refractivity contribution in [1.29, 1.82) is 0 Å². The van der Waals surface area contributed by atoms with Gasteiger partial charge in [0.2, 0.25) is 0 Å². The van der Waals surface area contributed by atoms with E-state index in [2.05, 4.69) is 0 Å². The van der Waals surface area contributed by atoms with Gasteiger partial charge in [-0.15, -0.1) is 0 Å². The maximum absolute atomic E-state index is 12.4. The second-order valence-electron chi connectivity index (χ2n) is 2.69. The molecular weight excluding hydrogens is 229 g/mol. The van der Waals surface area contributed by atoms with E-state index in [1.807, 2.05) is 0 Å². The van der Waals surface area contributed by atoms with Crippen LogP contribution in [0.5, 0.6) is 0 Å². The van der Waals surface area contributed by atoms with Crippen LogP contribution < -0.4 is 51.4 Å². The van der Waals surface area contributed by atoms with Crippen molar-refractivity contribution in [2.24, 2.45) is 0 Å². The number of hydrogen-bond acceptors (Lipinski definition) is 0. The molecule has 0 fully saturated rings. The van der Waals surface area contributed by atoms with Gasteiger partial charge in [-0.25, -0.2) is 8.78 Å². The Kier molecular flexibility index (Phi) is 5.83. The molecule has 0 heterocycles. The first-order valence-corrected chi connectivity index (χ1v) is 3.53. The minimum absolute atomic E-state index is 0. The molecule has 1 aromatic rings. The summed E-state index contributed by atoms with van der Waals surface area (Å²) in [4.78, 5) is 0. The largest absolute Gasteiger partial charge is 1.00 e. The smallest absolute Gasteiger partial charge is 0.449 e. The van der Waals surface area contributed by atoms with E-state index in [1.54, 1.807) is 0 Å². The second kappa shape index (κ2) is 5.60. The van der Waals surface area contributed by atoms with Crippen LogP contribution in [0.4, 0.5) is 21.7 Å². The predicted octanol–water partition coefficient (Wildman–Crippen LogP) is -0.102. The zero-order valence-corrected chi connectivity index (χ0v) is 10.5. The van der Waals surface area contributed by atoms with Crippen LogP contribution in [0.3, 0.4) is 0 Å². The first-order valence-electron chi connectivity index (χ1n) is 3.53. The normalized spacial score (nSPS) is 10.9. The number of hydrogen-bond donors (Lipinski definition) is 0. The van der Waals surface area contributed by atoms with E-state index in [1.165, 1.54) is 0 Å². The second-order valence-corrected chi connectivity index (χ2v) is 2.69. The standard InChI is InChI=1S/C7H5BF5.K/c9-6-1-5(2-7(10)3-6)4-8(11,12)13;/h1-3H,4H2;/q-1;+1. The molecule has 0 aliphatic rings. The third kappa shape index (κ3) is 5.45. The van der Waals surface area contributed by atoms with Gasteiger partial charge < -0.3 is 12.9 Å². The molecule has 0 saturated carbocycles. The fourth-order valence-corrected chi connectivity index (χ4v) is 0.996. The SMILES string of the molecule is Fc1cc(F)cc(C[B-](F)(F)F)c1.[K+]. The predicted molar refractivity (Wildman–Crippen MR) is 39.1 cm³/mol. The van der Waals surface area contributed by atoms with Gasteiger partial charge in [-0.05, 0) is 12.1 Å². The summed E-state index contributed by atoms with van der Waals surface area (Å²) in [5.74, 6) is -1.98. The summed E-state index contributed by atoms with van der Waals surface area (Å²) in [6.07, 6.45) is -1.26. The summed E-state index contributed by atoms with van der Waals surface area (Å²) in [6.45, 7) is -5.04. The van der Waals surface area contributed by atoms with E-state index in [4.69, 9.17) is 0 Å². The Labute approximate surface area is 120 Å². The summed E-state index contributed by atoms with van der Waals surface area (Å²) < 4.78 is 60.3. The summed E-state index contributed by atoms with van der Waals surface area (Å²) in [6, 6.07) is 1.89. The van der Waals surface area contributed by atoms with Crippen LogP contribution in [0.2, 0.25) is 0 Å². The molecule has 0 nitrogen and oxygen atoms in total. The van der Waals surface area contributed by atoms with Crippen molar-refractivity contribution in [2.75, 3.05) is 0 Å². The quantitative estimate of drug-likeness (QED) is 0.495. The molecule has 72 valence electrons. The zero-order chi connectivity index (χ0) is 10.1. The molecule has 0 amide bonds. The number of benzene rings is 1. The van der Waals surface area contributed by atoms with Crippen molar-refractivity contribution in [2.45, 2.75) is 6.32 Å². The van der Waals surface area contributed by atoms with Crippen molar-refractivity contribution >= 4 is 6.98 Å². The third-order valence-corrected chi connectivity index (χ3v) is 1.39. The van der Waals surface area contributed by atoms with Crippen LogP contribution in [0, 0.1) is 11.6 Å². The maximum Gasteiger partial charge on any atom is 1.00 e. The summed E-state index contributed by atoms with van der Waals surface area (Å²) >= 11 is 0. The average Bonchev–Trinajstić information content (AvgIpc) is 1.78. The molecule has 0 aliphatic heterocycles. The van der Waals surface area contributed by atoms with Crippen LogP contribution in [-0.4, -0.2) is 6.98 Å². The fraction of sp³-hybridized carbons (Fsp3) is 0.143. The first kappa shape index (κ1) is 14.6. The van der Waals surface area contributed by atoms with Crippen LogP contribution >= 0.6 is 0 Å². The van der Waals surface area contributed by atoms with E-state index in [-0.39, 0.29) is 56.9 Å². The molecule has 0 aliphatic carbocycles. The molecule has 0 saturated heterocycles.